The summed E-state index contributed by atoms with van der Waals surface area (Å²) in [6.07, 6.45) is 4.29. The SMILES string of the molecule is C=CCN(C(=O)[C@@H]1[C@@H]2CCC3(O2)C(C(=O)N(CC=C)c2cc(C)ccc2C)N(CCCO)C(=O)[C@H]13)c1ccccc1. The maximum Gasteiger partial charge on any atom is 0.253 e. The number of carbonyl (C=O) groups is 3. The van der Waals surface area contributed by atoms with Gasteiger partial charge in [-0.15, -0.1) is 13.2 Å². The summed E-state index contributed by atoms with van der Waals surface area (Å²) in [6.45, 7) is 12.3. The standard InChI is InChI=1S/C33H39N3O5/c1-5-17-34(24-11-8-7-9-12-24)30(38)27-26-15-16-33(41-26)28(27)31(39)36(19-10-20-37)29(33)32(40)35(18-6-2)25-21-22(3)13-14-23(25)4/h5-9,11-14,21,26-29,37H,1-2,10,15-20H2,3-4H3/t26-,27+,28-,29?,33?/m0/s1. The van der Waals surface area contributed by atoms with Crippen molar-refractivity contribution in [3.63, 3.8) is 0 Å². The molecule has 5 atom stereocenters. The highest BCUT2D eigenvalue weighted by Gasteiger charge is 2.75. The van der Waals surface area contributed by atoms with Crippen LogP contribution in [0.4, 0.5) is 11.4 Å². The minimum atomic E-state index is -1.12. The Hall–Kier alpha value is -3.75. The second-order valence-corrected chi connectivity index (χ2v) is 11.3. The summed E-state index contributed by atoms with van der Waals surface area (Å²) in [7, 11) is 0. The zero-order valence-corrected chi connectivity index (χ0v) is 23.9. The van der Waals surface area contributed by atoms with Crippen molar-refractivity contribution in [2.75, 3.05) is 36.0 Å². The van der Waals surface area contributed by atoms with Gasteiger partial charge in [-0.2, -0.15) is 0 Å². The topological polar surface area (TPSA) is 90.4 Å². The third-order valence-corrected chi connectivity index (χ3v) is 8.76. The maximum absolute atomic E-state index is 14.6. The van der Waals surface area contributed by atoms with E-state index in [1.54, 1.807) is 26.9 Å². The van der Waals surface area contributed by atoms with Crippen LogP contribution >= 0.6 is 0 Å². The van der Waals surface area contributed by atoms with Crippen molar-refractivity contribution < 1.29 is 24.2 Å². The molecule has 3 amide bonds. The van der Waals surface area contributed by atoms with Crippen LogP contribution in [0.15, 0.2) is 73.8 Å². The molecule has 3 fully saturated rings. The van der Waals surface area contributed by atoms with Gasteiger partial charge in [0.25, 0.3) is 5.91 Å². The zero-order chi connectivity index (χ0) is 29.3. The predicted molar refractivity (Wildman–Crippen MR) is 158 cm³/mol. The minimum absolute atomic E-state index is 0.122. The number of para-hydroxylation sites is 1. The molecule has 1 N–H and O–H groups in total. The molecule has 8 nitrogen and oxygen atoms in total. The van der Waals surface area contributed by atoms with Gasteiger partial charge in [-0.25, -0.2) is 0 Å². The van der Waals surface area contributed by atoms with Crippen molar-refractivity contribution in [2.45, 2.75) is 50.9 Å². The lowest BCUT2D eigenvalue weighted by atomic mass is 9.70. The van der Waals surface area contributed by atoms with E-state index in [0.717, 1.165) is 22.5 Å². The van der Waals surface area contributed by atoms with Crippen LogP contribution in [-0.2, 0) is 19.1 Å². The molecule has 5 rings (SSSR count). The van der Waals surface area contributed by atoms with Crippen LogP contribution in [0.3, 0.4) is 0 Å². The first kappa shape index (κ1) is 28.8. The number of aliphatic hydroxyl groups excluding tert-OH is 1. The summed E-state index contributed by atoms with van der Waals surface area (Å²) in [5.74, 6) is -2.23. The van der Waals surface area contributed by atoms with Crippen molar-refractivity contribution >= 4 is 29.1 Å². The average Bonchev–Trinajstić information content (AvgIpc) is 3.62. The molecule has 3 aliphatic heterocycles. The molecule has 3 heterocycles. The Morgan fingerprint density at radius 2 is 1.78 bits per heavy atom. The van der Waals surface area contributed by atoms with Crippen molar-refractivity contribution in [3.05, 3.63) is 85.0 Å². The number of fused-ring (bicyclic) bond motifs is 1. The number of benzene rings is 2. The number of amides is 3. The van der Waals surface area contributed by atoms with Crippen molar-refractivity contribution in [2.24, 2.45) is 11.8 Å². The van der Waals surface area contributed by atoms with E-state index in [1.807, 2.05) is 62.4 Å². The normalized spacial score (nSPS) is 26.1. The van der Waals surface area contributed by atoms with Crippen LogP contribution in [0.1, 0.15) is 30.4 Å². The summed E-state index contributed by atoms with van der Waals surface area (Å²) in [5, 5.41) is 9.66. The van der Waals surface area contributed by atoms with Crippen molar-refractivity contribution in [1.82, 2.24) is 4.90 Å². The Morgan fingerprint density at radius 1 is 1.07 bits per heavy atom. The molecule has 41 heavy (non-hydrogen) atoms. The first-order valence-corrected chi connectivity index (χ1v) is 14.3. The zero-order valence-electron chi connectivity index (χ0n) is 23.9. The number of ether oxygens (including phenoxy) is 1. The van der Waals surface area contributed by atoms with Gasteiger partial charge in [0.1, 0.15) is 11.6 Å². The van der Waals surface area contributed by atoms with E-state index in [0.29, 0.717) is 19.3 Å². The molecule has 0 radical (unpaired) electrons. The molecule has 2 unspecified atom stereocenters. The van der Waals surface area contributed by atoms with Gasteiger partial charge in [0, 0.05) is 37.6 Å². The van der Waals surface area contributed by atoms with Crippen LogP contribution in [0.2, 0.25) is 0 Å². The fraction of sp³-hybridized carbons (Fsp3) is 0.424. The van der Waals surface area contributed by atoms with E-state index in [1.165, 1.54) is 0 Å². The number of anilines is 2. The third kappa shape index (κ3) is 4.79. The van der Waals surface area contributed by atoms with Gasteiger partial charge in [0.2, 0.25) is 11.8 Å². The minimum Gasteiger partial charge on any atom is -0.396 e. The first-order chi connectivity index (χ1) is 19.8. The van der Waals surface area contributed by atoms with Crippen LogP contribution in [0, 0.1) is 25.7 Å². The number of nitrogens with zero attached hydrogens (tertiary/aromatic N) is 3. The lowest BCUT2D eigenvalue weighted by molar-refractivity contribution is -0.141. The van der Waals surface area contributed by atoms with Crippen LogP contribution in [-0.4, -0.2) is 71.7 Å². The number of likely N-dealkylation sites (tertiary alicyclic amines) is 1. The van der Waals surface area contributed by atoms with Gasteiger partial charge in [-0.05, 0) is 62.4 Å². The smallest absolute Gasteiger partial charge is 0.253 e. The molecular formula is C33H39N3O5. The van der Waals surface area contributed by atoms with E-state index in [2.05, 4.69) is 13.2 Å². The Bertz CT molecular complexity index is 1340. The Kier molecular flexibility index (Phi) is 8.16. The molecule has 8 heteroatoms. The molecule has 2 bridgehead atoms. The van der Waals surface area contributed by atoms with E-state index in [9.17, 15) is 19.5 Å². The van der Waals surface area contributed by atoms with Gasteiger partial charge in [-0.1, -0.05) is 42.5 Å². The van der Waals surface area contributed by atoms with E-state index < -0.39 is 29.6 Å². The molecule has 0 aromatic heterocycles. The van der Waals surface area contributed by atoms with Gasteiger partial charge in [0.05, 0.1) is 17.9 Å². The number of aliphatic hydroxyl groups is 1. The summed E-state index contributed by atoms with van der Waals surface area (Å²) < 4.78 is 6.64. The van der Waals surface area contributed by atoms with E-state index in [-0.39, 0.29) is 44.0 Å². The maximum atomic E-state index is 14.6. The highest BCUT2D eigenvalue weighted by molar-refractivity contribution is 6.06. The van der Waals surface area contributed by atoms with Crippen molar-refractivity contribution in [3.8, 4) is 0 Å². The second kappa shape index (κ2) is 11.6. The highest BCUT2D eigenvalue weighted by atomic mass is 16.5. The van der Waals surface area contributed by atoms with Crippen LogP contribution in [0.25, 0.3) is 0 Å². The molecule has 3 saturated heterocycles. The molecule has 1 spiro atoms. The number of rotatable bonds is 11. The molecular weight excluding hydrogens is 518 g/mol. The van der Waals surface area contributed by atoms with E-state index >= 15 is 0 Å². The monoisotopic (exact) mass is 557 g/mol. The second-order valence-electron chi connectivity index (χ2n) is 11.3. The van der Waals surface area contributed by atoms with Gasteiger partial charge in [0.15, 0.2) is 0 Å². The average molecular weight is 558 g/mol. The lowest BCUT2D eigenvalue weighted by Gasteiger charge is -2.37. The number of hydrogen-bond acceptors (Lipinski definition) is 5. The summed E-state index contributed by atoms with van der Waals surface area (Å²) in [4.78, 5) is 48.0. The fourth-order valence-electron chi connectivity index (χ4n) is 7.03. The molecule has 0 saturated carbocycles. The summed E-state index contributed by atoms with van der Waals surface area (Å²) in [6, 6.07) is 14.4. The predicted octanol–water partition coefficient (Wildman–Crippen LogP) is 3.80. The van der Waals surface area contributed by atoms with Crippen LogP contribution in [0.5, 0.6) is 0 Å². The van der Waals surface area contributed by atoms with Crippen molar-refractivity contribution in [1.29, 1.82) is 0 Å². The Morgan fingerprint density at radius 3 is 2.46 bits per heavy atom. The van der Waals surface area contributed by atoms with Gasteiger partial charge in [-0.3, -0.25) is 14.4 Å². The molecule has 216 valence electrons. The molecule has 3 aliphatic rings. The van der Waals surface area contributed by atoms with E-state index in [4.69, 9.17) is 4.74 Å². The molecule has 2 aromatic carbocycles. The molecule has 0 aliphatic carbocycles. The number of aryl methyl sites for hydroxylation is 2. The Balaban J connectivity index is 1.57. The third-order valence-electron chi connectivity index (χ3n) is 8.76. The highest BCUT2D eigenvalue weighted by Crippen LogP contribution is 2.59. The van der Waals surface area contributed by atoms with Gasteiger partial charge < -0.3 is 24.5 Å². The first-order valence-electron chi connectivity index (χ1n) is 14.3. The number of carbonyl (C=O) groups excluding carboxylic acids is 3. The van der Waals surface area contributed by atoms with Gasteiger partial charge >= 0.3 is 0 Å². The summed E-state index contributed by atoms with van der Waals surface area (Å²) >= 11 is 0. The summed E-state index contributed by atoms with van der Waals surface area (Å²) in [5.41, 5.74) is 2.29. The molecule has 2 aromatic rings. The fourth-order valence-corrected chi connectivity index (χ4v) is 7.03. The Labute approximate surface area is 241 Å². The number of hydrogen-bond donors (Lipinski definition) is 1. The lowest BCUT2D eigenvalue weighted by Crippen LogP contribution is -2.57. The largest absolute Gasteiger partial charge is 0.396 e. The van der Waals surface area contributed by atoms with Crippen LogP contribution < -0.4 is 9.80 Å². The quantitative estimate of drug-likeness (QED) is 0.425.